The Morgan fingerprint density at radius 2 is 2.00 bits per heavy atom. The molecule has 1 saturated carbocycles. The van der Waals surface area contributed by atoms with Gasteiger partial charge in [0.15, 0.2) is 0 Å². The van der Waals surface area contributed by atoms with Crippen molar-refractivity contribution in [1.29, 1.82) is 0 Å². The molecule has 2 unspecified atom stereocenters. The fourth-order valence-electron chi connectivity index (χ4n) is 2.40. The van der Waals surface area contributed by atoms with Crippen LogP contribution in [0.5, 0.6) is 5.75 Å². The first-order chi connectivity index (χ1) is 9.08. The zero-order chi connectivity index (χ0) is 13.8. The number of phenolic OH excluding ortho intramolecular Hbond substituents is 1. The summed E-state index contributed by atoms with van der Waals surface area (Å²) >= 11 is 5.73. The fraction of sp³-hybridized carbons (Fsp3) is 0.500. The summed E-state index contributed by atoms with van der Waals surface area (Å²) in [4.78, 5) is 12.1. The van der Waals surface area contributed by atoms with Gasteiger partial charge in [0.25, 0.3) is 5.91 Å². The van der Waals surface area contributed by atoms with E-state index < -0.39 is 6.10 Å². The zero-order valence-electron chi connectivity index (χ0n) is 10.6. The van der Waals surface area contributed by atoms with E-state index in [-0.39, 0.29) is 23.3 Å². The molecule has 2 rings (SSSR count). The molecule has 0 radical (unpaired) electrons. The number of aromatic hydroxyl groups is 1. The third-order valence-electron chi connectivity index (χ3n) is 3.50. The molecule has 4 nitrogen and oxygen atoms in total. The predicted octanol–water partition coefficient (Wildman–Crippen LogP) is 2.47. The lowest BCUT2D eigenvalue weighted by atomic mass is 10.1. The highest BCUT2D eigenvalue weighted by molar-refractivity contribution is 6.30. The van der Waals surface area contributed by atoms with Gasteiger partial charge in [-0.05, 0) is 31.0 Å². The Kier molecular flexibility index (Phi) is 4.66. The average molecular weight is 284 g/mol. The van der Waals surface area contributed by atoms with Gasteiger partial charge in [0.2, 0.25) is 0 Å². The van der Waals surface area contributed by atoms with Crippen molar-refractivity contribution in [2.75, 3.05) is 0 Å². The summed E-state index contributed by atoms with van der Waals surface area (Å²) in [5, 5.41) is 22.8. The molecule has 1 aliphatic carbocycles. The Morgan fingerprint density at radius 3 is 2.74 bits per heavy atom. The molecule has 2 atom stereocenters. The van der Waals surface area contributed by atoms with Crippen molar-refractivity contribution in [3.63, 3.8) is 0 Å². The van der Waals surface area contributed by atoms with E-state index in [9.17, 15) is 15.0 Å². The van der Waals surface area contributed by atoms with Crippen LogP contribution in [-0.2, 0) is 0 Å². The second kappa shape index (κ2) is 6.26. The minimum atomic E-state index is -0.513. The number of aliphatic hydroxyl groups is 1. The number of rotatable bonds is 2. The highest BCUT2D eigenvalue weighted by Gasteiger charge is 2.24. The molecular weight excluding hydrogens is 266 g/mol. The summed E-state index contributed by atoms with van der Waals surface area (Å²) in [5.74, 6) is -0.520. The highest BCUT2D eigenvalue weighted by atomic mass is 35.5. The summed E-state index contributed by atoms with van der Waals surface area (Å²) in [6.07, 6.45) is 4.02. The molecule has 1 aromatic rings. The van der Waals surface area contributed by atoms with Gasteiger partial charge in [0.1, 0.15) is 5.75 Å². The first-order valence-corrected chi connectivity index (χ1v) is 6.93. The fourth-order valence-corrected chi connectivity index (χ4v) is 2.57. The number of phenols is 1. The van der Waals surface area contributed by atoms with Crippen LogP contribution in [-0.4, -0.2) is 28.3 Å². The SMILES string of the molecule is O=C(NC1CCCCCC1O)c1ccc(Cl)cc1O. The molecular formula is C14H18ClNO3. The van der Waals surface area contributed by atoms with Crippen LogP contribution in [0, 0.1) is 0 Å². The molecule has 1 aliphatic rings. The summed E-state index contributed by atoms with van der Waals surface area (Å²) in [6.45, 7) is 0. The van der Waals surface area contributed by atoms with E-state index >= 15 is 0 Å². The second-order valence-corrected chi connectivity index (χ2v) is 5.38. The minimum Gasteiger partial charge on any atom is -0.507 e. The largest absolute Gasteiger partial charge is 0.507 e. The van der Waals surface area contributed by atoms with Gasteiger partial charge in [-0.3, -0.25) is 4.79 Å². The molecule has 1 aromatic carbocycles. The molecule has 0 aromatic heterocycles. The molecule has 3 N–H and O–H groups in total. The molecule has 104 valence electrons. The van der Waals surface area contributed by atoms with Crippen LogP contribution in [0.25, 0.3) is 0 Å². The minimum absolute atomic E-state index is 0.145. The molecule has 0 spiro atoms. The lowest BCUT2D eigenvalue weighted by Gasteiger charge is -2.22. The summed E-state index contributed by atoms with van der Waals surface area (Å²) in [5.41, 5.74) is 0.181. The van der Waals surface area contributed by atoms with Gasteiger partial charge in [0.05, 0.1) is 17.7 Å². The van der Waals surface area contributed by atoms with E-state index in [1.165, 1.54) is 12.1 Å². The van der Waals surface area contributed by atoms with E-state index in [1.54, 1.807) is 6.07 Å². The van der Waals surface area contributed by atoms with E-state index in [4.69, 9.17) is 11.6 Å². The standard InChI is InChI=1S/C14H18ClNO3/c15-9-6-7-10(13(18)8-9)14(19)16-11-4-2-1-3-5-12(11)17/h6-8,11-12,17-18H,1-5H2,(H,16,19). The normalized spacial score (nSPS) is 23.7. The first kappa shape index (κ1) is 14.2. The maximum atomic E-state index is 12.1. The number of nitrogens with one attached hydrogen (secondary N) is 1. The average Bonchev–Trinajstić information content (AvgIpc) is 2.55. The number of halogens is 1. The van der Waals surface area contributed by atoms with E-state index in [0.717, 1.165) is 25.7 Å². The Morgan fingerprint density at radius 1 is 1.26 bits per heavy atom. The maximum absolute atomic E-state index is 12.1. The number of carbonyl (C=O) groups is 1. The van der Waals surface area contributed by atoms with Crippen molar-refractivity contribution < 1.29 is 15.0 Å². The van der Waals surface area contributed by atoms with Gasteiger partial charge in [-0.25, -0.2) is 0 Å². The van der Waals surface area contributed by atoms with Crippen molar-refractivity contribution in [2.45, 2.75) is 44.2 Å². The van der Waals surface area contributed by atoms with Crippen LogP contribution >= 0.6 is 11.6 Å². The van der Waals surface area contributed by atoms with Crippen LogP contribution < -0.4 is 5.32 Å². The highest BCUT2D eigenvalue weighted by Crippen LogP contribution is 2.23. The van der Waals surface area contributed by atoms with Gasteiger partial charge >= 0.3 is 0 Å². The Labute approximate surface area is 117 Å². The molecule has 0 aliphatic heterocycles. The number of carbonyl (C=O) groups excluding carboxylic acids is 1. The Balaban J connectivity index is 2.07. The van der Waals surface area contributed by atoms with Crippen LogP contribution in [0.1, 0.15) is 42.5 Å². The maximum Gasteiger partial charge on any atom is 0.255 e. The first-order valence-electron chi connectivity index (χ1n) is 6.55. The third-order valence-corrected chi connectivity index (χ3v) is 3.74. The Bertz CT molecular complexity index is 464. The third kappa shape index (κ3) is 3.61. The van der Waals surface area contributed by atoms with Crippen LogP contribution in [0.4, 0.5) is 0 Å². The van der Waals surface area contributed by atoms with E-state index in [0.29, 0.717) is 11.4 Å². The van der Waals surface area contributed by atoms with Crippen molar-refractivity contribution in [3.05, 3.63) is 28.8 Å². The monoisotopic (exact) mass is 283 g/mol. The molecule has 1 fully saturated rings. The number of benzene rings is 1. The molecule has 19 heavy (non-hydrogen) atoms. The van der Waals surface area contributed by atoms with Gasteiger partial charge in [-0.15, -0.1) is 0 Å². The number of hydrogen-bond donors (Lipinski definition) is 3. The van der Waals surface area contributed by atoms with Crippen molar-refractivity contribution in [1.82, 2.24) is 5.32 Å². The second-order valence-electron chi connectivity index (χ2n) is 4.95. The van der Waals surface area contributed by atoms with Crippen molar-refractivity contribution in [2.24, 2.45) is 0 Å². The zero-order valence-corrected chi connectivity index (χ0v) is 11.4. The van der Waals surface area contributed by atoms with Crippen molar-refractivity contribution in [3.8, 4) is 5.75 Å². The molecule has 0 saturated heterocycles. The van der Waals surface area contributed by atoms with E-state index in [2.05, 4.69) is 5.32 Å². The van der Waals surface area contributed by atoms with Gasteiger partial charge in [0, 0.05) is 5.02 Å². The van der Waals surface area contributed by atoms with E-state index in [1.807, 2.05) is 0 Å². The summed E-state index contributed by atoms with van der Waals surface area (Å²) in [7, 11) is 0. The van der Waals surface area contributed by atoms with Gasteiger partial charge in [-0.2, -0.15) is 0 Å². The number of aliphatic hydroxyl groups excluding tert-OH is 1. The van der Waals surface area contributed by atoms with Gasteiger partial charge in [-0.1, -0.05) is 30.9 Å². The Hall–Kier alpha value is -1.26. The lowest BCUT2D eigenvalue weighted by molar-refractivity contribution is 0.0816. The topological polar surface area (TPSA) is 69.6 Å². The molecule has 1 amide bonds. The van der Waals surface area contributed by atoms with Crippen molar-refractivity contribution >= 4 is 17.5 Å². The quantitative estimate of drug-likeness (QED) is 0.730. The predicted molar refractivity (Wildman–Crippen MR) is 73.5 cm³/mol. The van der Waals surface area contributed by atoms with Gasteiger partial charge < -0.3 is 15.5 Å². The van der Waals surface area contributed by atoms with Crippen LogP contribution in [0.2, 0.25) is 5.02 Å². The smallest absolute Gasteiger partial charge is 0.255 e. The van der Waals surface area contributed by atoms with Crippen LogP contribution in [0.3, 0.4) is 0 Å². The number of hydrogen-bond acceptors (Lipinski definition) is 3. The molecule has 0 heterocycles. The molecule has 5 heteroatoms. The summed E-state index contributed by atoms with van der Waals surface area (Å²) < 4.78 is 0. The van der Waals surface area contributed by atoms with Crippen LogP contribution in [0.15, 0.2) is 18.2 Å². The number of amides is 1. The lowest BCUT2D eigenvalue weighted by Crippen LogP contribution is -2.42. The molecule has 0 bridgehead atoms. The summed E-state index contributed by atoms with van der Waals surface area (Å²) in [6, 6.07) is 4.13.